The van der Waals surface area contributed by atoms with Gasteiger partial charge in [0.05, 0.1) is 17.1 Å². The minimum Gasteiger partial charge on any atom is -0.369 e. The molecule has 1 aliphatic heterocycles. The molecule has 2 aliphatic rings. The first-order chi connectivity index (χ1) is 9.63. The first-order valence-corrected chi connectivity index (χ1v) is 7.31. The Morgan fingerprint density at radius 3 is 2.80 bits per heavy atom. The Morgan fingerprint density at radius 2 is 2.05 bits per heavy atom. The van der Waals surface area contributed by atoms with Gasteiger partial charge in [0.25, 0.3) is 0 Å². The summed E-state index contributed by atoms with van der Waals surface area (Å²) in [5, 5.41) is 0. The van der Waals surface area contributed by atoms with Crippen LogP contribution in [-0.4, -0.2) is 33.6 Å². The van der Waals surface area contributed by atoms with E-state index >= 15 is 0 Å². The monoisotopic (exact) mass is 274 g/mol. The quantitative estimate of drug-likeness (QED) is 0.915. The maximum atomic E-state index is 13.6. The van der Waals surface area contributed by atoms with Crippen LogP contribution in [0.4, 0.5) is 10.3 Å². The molecule has 1 atom stereocenters. The Morgan fingerprint density at radius 1 is 1.25 bits per heavy atom. The van der Waals surface area contributed by atoms with Gasteiger partial charge in [0.2, 0.25) is 5.95 Å². The van der Waals surface area contributed by atoms with Crippen molar-refractivity contribution < 1.29 is 4.39 Å². The standard InChI is InChI=1S/C15H19FN4/c1-9-6-14-13(7-12(9)16)18-15(17)20(14)11-4-5-19(8-11)10-2-3-10/h6-7,10-11H,2-5,8H2,1H3,(H2,17,18). The third-order valence-corrected chi connectivity index (χ3v) is 4.62. The summed E-state index contributed by atoms with van der Waals surface area (Å²) in [6.45, 7) is 3.96. The van der Waals surface area contributed by atoms with E-state index < -0.39 is 0 Å². The second-order valence-corrected chi connectivity index (χ2v) is 6.10. The lowest BCUT2D eigenvalue weighted by molar-refractivity contribution is 0.315. The number of hydrogen-bond acceptors (Lipinski definition) is 3. The molecule has 2 fully saturated rings. The molecule has 0 amide bonds. The molecule has 1 aromatic heterocycles. The molecule has 2 heterocycles. The van der Waals surface area contributed by atoms with E-state index in [-0.39, 0.29) is 5.82 Å². The van der Waals surface area contributed by atoms with E-state index in [4.69, 9.17) is 5.73 Å². The molecule has 2 aromatic rings. The van der Waals surface area contributed by atoms with Gasteiger partial charge in [0.15, 0.2) is 0 Å². The van der Waals surface area contributed by atoms with Gasteiger partial charge < -0.3 is 10.3 Å². The molecule has 1 saturated heterocycles. The highest BCUT2D eigenvalue weighted by Crippen LogP contribution is 2.36. The summed E-state index contributed by atoms with van der Waals surface area (Å²) in [5.41, 5.74) is 8.35. The molecule has 0 radical (unpaired) electrons. The lowest BCUT2D eigenvalue weighted by atomic mass is 10.2. The number of halogens is 1. The van der Waals surface area contributed by atoms with Crippen LogP contribution >= 0.6 is 0 Å². The van der Waals surface area contributed by atoms with Gasteiger partial charge in [-0.1, -0.05) is 0 Å². The number of nitrogen functional groups attached to an aromatic ring is 1. The molecular formula is C15H19FN4. The topological polar surface area (TPSA) is 47.1 Å². The zero-order valence-corrected chi connectivity index (χ0v) is 11.6. The predicted molar refractivity (Wildman–Crippen MR) is 77.1 cm³/mol. The highest BCUT2D eigenvalue weighted by atomic mass is 19.1. The van der Waals surface area contributed by atoms with Crippen molar-refractivity contribution in [1.82, 2.24) is 14.5 Å². The number of rotatable bonds is 2. The molecule has 0 bridgehead atoms. The summed E-state index contributed by atoms with van der Waals surface area (Å²) in [7, 11) is 0. The molecule has 4 rings (SSSR count). The Labute approximate surface area is 117 Å². The maximum Gasteiger partial charge on any atom is 0.201 e. The van der Waals surface area contributed by atoms with E-state index in [1.54, 1.807) is 6.92 Å². The molecule has 1 unspecified atom stereocenters. The van der Waals surface area contributed by atoms with Gasteiger partial charge in [-0.2, -0.15) is 0 Å². The summed E-state index contributed by atoms with van der Waals surface area (Å²) in [4.78, 5) is 6.88. The van der Waals surface area contributed by atoms with E-state index in [2.05, 4.69) is 14.5 Å². The molecule has 0 spiro atoms. The van der Waals surface area contributed by atoms with E-state index in [9.17, 15) is 4.39 Å². The van der Waals surface area contributed by atoms with Gasteiger partial charge in [0.1, 0.15) is 5.82 Å². The zero-order chi connectivity index (χ0) is 13.9. The minimum atomic E-state index is -0.215. The predicted octanol–water partition coefficient (Wildman–Crippen LogP) is 2.48. The van der Waals surface area contributed by atoms with Crippen LogP contribution in [0, 0.1) is 12.7 Å². The second-order valence-electron chi connectivity index (χ2n) is 6.10. The van der Waals surface area contributed by atoms with Crippen molar-refractivity contribution in [3.05, 3.63) is 23.5 Å². The molecule has 5 heteroatoms. The Bertz CT molecular complexity index is 674. The first-order valence-electron chi connectivity index (χ1n) is 7.31. The Balaban J connectivity index is 1.75. The van der Waals surface area contributed by atoms with Crippen molar-refractivity contribution in [3.63, 3.8) is 0 Å². The summed E-state index contributed by atoms with van der Waals surface area (Å²) < 4.78 is 15.7. The van der Waals surface area contributed by atoms with Crippen LogP contribution in [0.25, 0.3) is 11.0 Å². The van der Waals surface area contributed by atoms with Crippen molar-refractivity contribution >= 4 is 17.0 Å². The number of imidazole rings is 1. The number of nitrogens with zero attached hydrogens (tertiary/aromatic N) is 3. The molecule has 4 nitrogen and oxygen atoms in total. The number of fused-ring (bicyclic) bond motifs is 1. The normalized spacial score (nSPS) is 23.8. The lowest BCUT2D eigenvalue weighted by Crippen LogP contribution is -2.24. The lowest BCUT2D eigenvalue weighted by Gasteiger charge is -2.17. The fourth-order valence-corrected chi connectivity index (χ4v) is 3.37. The first kappa shape index (κ1) is 12.1. The molecule has 1 saturated carbocycles. The van der Waals surface area contributed by atoms with E-state index in [0.29, 0.717) is 23.1 Å². The van der Waals surface area contributed by atoms with Crippen LogP contribution in [0.2, 0.25) is 0 Å². The Kier molecular flexibility index (Phi) is 2.54. The average molecular weight is 274 g/mol. The number of benzene rings is 1. The van der Waals surface area contributed by atoms with Gasteiger partial charge in [-0.05, 0) is 37.8 Å². The highest BCUT2D eigenvalue weighted by Gasteiger charge is 2.35. The van der Waals surface area contributed by atoms with E-state index in [1.807, 2.05) is 6.07 Å². The van der Waals surface area contributed by atoms with Crippen molar-refractivity contribution in [2.75, 3.05) is 18.8 Å². The van der Waals surface area contributed by atoms with Crippen LogP contribution in [0.1, 0.15) is 30.9 Å². The molecule has 1 aliphatic carbocycles. The zero-order valence-electron chi connectivity index (χ0n) is 11.6. The highest BCUT2D eigenvalue weighted by molar-refractivity contribution is 5.79. The molecule has 20 heavy (non-hydrogen) atoms. The van der Waals surface area contributed by atoms with Crippen LogP contribution in [0.3, 0.4) is 0 Å². The number of aryl methyl sites for hydroxylation is 1. The molecular weight excluding hydrogens is 255 g/mol. The van der Waals surface area contributed by atoms with Crippen molar-refractivity contribution in [3.8, 4) is 0 Å². The average Bonchev–Trinajstić information content (AvgIpc) is 3.06. The van der Waals surface area contributed by atoms with Crippen molar-refractivity contribution in [2.24, 2.45) is 0 Å². The SMILES string of the molecule is Cc1cc2c(cc1F)nc(N)n2C1CCN(C2CC2)C1. The number of likely N-dealkylation sites (tertiary alicyclic amines) is 1. The van der Waals surface area contributed by atoms with E-state index in [1.165, 1.54) is 18.9 Å². The molecule has 1 aromatic carbocycles. The van der Waals surface area contributed by atoms with Crippen molar-refractivity contribution in [1.29, 1.82) is 0 Å². The van der Waals surface area contributed by atoms with Crippen molar-refractivity contribution in [2.45, 2.75) is 38.3 Å². The number of hydrogen-bond donors (Lipinski definition) is 1. The number of nitrogens with two attached hydrogens (primary N) is 1. The van der Waals surface area contributed by atoms with Gasteiger partial charge in [-0.25, -0.2) is 9.37 Å². The fraction of sp³-hybridized carbons (Fsp3) is 0.533. The smallest absolute Gasteiger partial charge is 0.201 e. The van der Waals surface area contributed by atoms with Gasteiger partial charge in [-0.15, -0.1) is 0 Å². The van der Waals surface area contributed by atoms with Crippen LogP contribution < -0.4 is 5.73 Å². The third kappa shape index (κ3) is 1.80. The van der Waals surface area contributed by atoms with Crippen LogP contribution in [-0.2, 0) is 0 Å². The van der Waals surface area contributed by atoms with E-state index in [0.717, 1.165) is 31.1 Å². The van der Waals surface area contributed by atoms with Gasteiger partial charge >= 0.3 is 0 Å². The molecule has 106 valence electrons. The summed E-state index contributed by atoms with van der Waals surface area (Å²) in [5.74, 6) is 0.292. The number of aromatic nitrogens is 2. The van der Waals surface area contributed by atoms with Gasteiger partial charge in [-0.3, -0.25) is 4.90 Å². The third-order valence-electron chi connectivity index (χ3n) is 4.62. The minimum absolute atomic E-state index is 0.215. The Hall–Kier alpha value is -1.62. The maximum absolute atomic E-state index is 13.6. The van der Waals surface area contributed by atoms with Crippen LogP contribution in [0.15, 0.2) is 12.1 Å². The number of anilines is 1. The summed E-state index contributed by atoms with van der Waals surface area (Å²) >= 11 is 0. The fourth-order valence-electron chi connectivity index (χ4n) is 3.37. The summed E-state index contributed by atoms with van der Waals surface area (Å²) in [6.07, 6.45) is 3.76. The van der Waals surface area contributed by atoms with Crippen LogP contribution in [0.5, 0.6) is 0 Å². The summed E-state index contributed by atoms with van der Waals surface area (Å²) in [6, 6.07) is 4.51. The largest absolute Gasteiger partial charge is 0.369 e. The molecule has 2 N–H and O–H groups in total. The second kappa shape index (κ2) is 4.19. The van der Waals surface area contributed by atoms with Gasteiger partial charge in [0, 0.05) is 25.2 Å².